The van der Waals surface area contributed by atoms with Crippen LogP contribution in [0.3, 0.4) is 0 Å². The van der Waals surface area contributed by atoms with Crippen LogP contribution in [-0.4, -0.2) is 15.9 Å². The molecule has 6 nitrogen and oxygen atoms in total. The molecule has 0 radical (unpaired) electrons. The zero-order chi connectivity index (χ0) is 17.5. The fraction of sp³-hybridized carbons (Fsp3) is 0.0526. The number of carbonyl (C=O) groups excluding carboxylic acids is 1. The van der Waals surface area contributed by atoms with E-state index in [2.05, 4.69) is 20.6 Å². The minimum absolute atomic E-state index is 0.202. The van der Waals surface area contributed by atoms with Crippen LogP contribution in [0.15, 0.2) is 67.0 Å². The number of rotatable bonds is 5. The summed E-state index contributed by atoms with van der Waals surface area (Å²) in [6.45, 7) is 0.627. The van der Waals surface area contributed by atoms with Gasteiger partial charge < -0.3 is 10.6 Å². The number of anilines is 2. The Morgan fingerprint density at radius 1 is 1.04 bits per heavy atom. The third-order valence-electron chi connectivity index (χ3n) is 3.45. The highest BCUT2D eigenvalue weighted by Gasteiger charge is 2.09. The molecule has 122 valence electrons. The molecule has 0 saturated heterocycles. The van der Waals surface area contributed by atoms with Crippen molar-refractivity contribution in [1.82, 2.24) is 9.97 Å². The zero-order valence-corrected chi connectivity index (χ0v) is 13.3. The molecule has 0 saturated carbocycles. The number of hydrogen-bond donors (Lipinski definition) is 2. The molecule has 0 bridgehead atoms. The minimum atomic E-state index is -0.378. The number of nitrogens with zero attached hydrogens (tertiary/aromatic N) is 3. The van der Waals surface area contributed by atoms with Gasteiger partial charge in [0, 0.05) is 12.2 Å². The van der Waals surface area contributed by atoms with Gasteiger partial charge in [0.15, 0.2) is 0 Å². The number of nitrogens with one attached hydrogen (secondary N) is 2. The number of amides is 1. The minimum Gasteiger partial charge on any atom is -0.365 e. The summed E-state index contributed by atoms with van der Waals surface area (Å²) in [7, 11) is 0. The molecule has 0 atom stereocenters. The fourth-order valence-corrected chi connectivity index (χ4v) is 2.19. The van der Waals surface area contributed by atoms with Crippen molar-refractivity contribution in [1.29, 1.82) is 5.26 Å². The third kappa shape index (κ3) is 4.39. The van der Waals surface area contributed by atoms with Crippen LogP contribution in [0.25, 0.3) is 0 Å². The first-order valence-corrected chi connectivity index (χ1v) is 7.66. The summed E-state index contributed by atoms with van der Waals surface area (Å²) in [4.78, 5) is 20.5. The van der Waals surface area contributed by atoms with E-state index in [0.29, 0.717) is 23.6 Å². The second-order valence-electron chi connectivity index (χ2n) is 5.27. The Balaban J connectivity index is 1.61. The molecule has 0 aliphatic rings. The van der Waals surface area contributed by atoms with E-state index in [-0.39, 0.29) is 11.6 Å². The summed E-state index contributed by atoms with van der Waals surface area (Å²) in [6.07, 6.45) is 2.93. The molecule has 0 unspecified atom stereocenters. The summed E-state index contributed by atoms with van der Waals surface area (Å²) in [5.41, 5.74) is 2.34. The molecule has 1 amide bonds. The quantitative estimate of drug-likeness (QED) is 0.750. The van der Waals surface area contributed by atoms with Crippen LogP contribution in [0.1, 0.15) is 21.6 Å². The number of hydrogen-bond acceptors (Lipinski definition) is 5. The lowest BCUT2D eigenvalue weighted by atomic mass is 10.2. The van der Waals surface area contributed by atoms with Crippen LogP contribution in [0.4, 0.5) is 11.5 Å². The lowest BCUT2D eigenvalue weighted by molar-refractivity contribution is 0.102. The van der Waals surface area contributed by atoms with E-state index in [9.17, 15) is 4.79 Å². The standard InChI is InChI=1S/C19H15N5O/c20-10-15-7-4-8-16(9-15)24-19(25)17-12-23-18(13-21-17)22-11-14-5-2-1-3-6-14/h1-9,12-13H,11H2,(H,22,23)(H,24,25). The van der Waals surface area contributed by atoms with Crippen LogP contribution in [0.2, 0.25) is 0 Å². The van der Waals surface area contributed by atoms with Gasteiger partial charge in [-0.25, -0.2) is 9.97 Å². The Labute approximate surface area is 145 Å². The van der Waals surface area contributed by atoms with Gasteiger partial charge in [0.2, 0.25) is 0 Å². The smallest absolute Gasteiger partial charge is 0.275 e. The predicted octanol–water partition coefficient (Wildman–Crippen LogP) is 3.21. The van der Waals surface area contributed by atoms with Crippen molar-refractivity contribution in [3.05, 3.63) is 83.8 Å². The molecular weight excluding hydrogens is 314 g/mol. The molecule has 1 heterocycles. The average molecular weight is 329 g/mol. The Morgan fingerprint density at radius 2 is 1.88 bits per heavy atom. The van der Waals surface area contributed by atoms with Crippen LogP contribution < -0.4 is 10.6 Å². The molecule has 3 aromatic rings. The van der Waals surface area contributed by atoms with Gasteiger partial charge in [0.1, 0.15) is 11.5 Å². The van der Waals surface area contributed by atoms with E-state index in [0.717, 1.165) is 5.56 Å². The highest BCUT2D eigenvalue weighted by Crippen LogP contribution is 2.11. The predicted molar refractivity (Wildman–Crippen MR) is 94.9 cm³/mol. The van der Waals surface area contributed by atoms with E-state index in [4.69, 9.17) is 5.26 Å². The molecule has 2 aromatic carbocycles. The van der Waals surface area contributed by atoms with E-state index in [1.54, 1.807) is 24.3 Å². The second-order valence-corrected chi connectivity index (χ2v) is 5.27. The summed E-state index contributed by atoms with van der Waals surface area (Å²) < 4.78 is 0. The highest BCUT2D eigenvalue weighted by molar-refractivity contribution is 6.02. The molecule has 0 fully saturated rings. The van der Waals surface area contributed by atoms with Crippen LogP contribution in [0, 0.1) is 11.3 Å². The van der Waals surface area contributed by atoms with Crippen molar-refractivity contribution in [2.45, 2.75) is 6.54 Å². The molecule has 3 rings (SSSR count). The van der Waals surface area contributed by atoms with Crippen molar-refractivity contribution in [2.75, 3.05) is 10.6 Å². The first-order valence-electron chi connectivity index (χ1n) is 7.66. The van der Waals surface area contributed by atoms with E-state index in [1.807, 2.05) is 36.4 Å². The monoisotopic (exact) mass is 329 g/mol. The Kier molecular flexibility index (Phi) is 4.98. The molecular formula is C19H15N5O. The second kappa shape index (κ2) is 7.70. The van der Waals surface area contributed by atoms with Crippen molar-refractivity contribution in [2.24, 2.45) is 0 Å². The molecule has 0 aliphatic heterocycles. The van der Waals surface area contributed by atoms with Gasteiger partial charge in [-0.05, 0) is 23.8 Å². The van der Waals surface area contributed by atoms with Crippen molar-refractivity contribution in [3.63, 3.8) is 0 Å². The topological polar surface area (TPSA) is 90.7 Å². The van der Waals surface area contributed by atoms with E-state index >= 15 is 0 Å². The normalized spacial score (nSPS) is 9.88. The summed E-state index contributed by atoms with van der Waals surface area (Å²) >= 11 is 0. The molecule has 1 aromatic heterocycles. The SMILES string of the molecule is N#Cc1cccc(NC(=O)c2cnc(NCc3ccccc3)cn2)c1. The van der Waals surface area contributed by atoms with Crippen LogP contribution in [0.5, 0.6) is 0 Å². The number of carbonyl (C=O) groups is 1. The Morgan fingerprint density at radius 3 is 2.60 bits per heavy atom. The van der Waals surface area contributed by atoms with Crippen molar-refractivity contribution < 1.29 is 4.79 Å². The maximum Gasteiger partial charge on any atom is 0.275 e. The van der Waals surface area contributed by atoms with Gasteiger partial charge in [-0.15, -0.1) is 0 Å². The Bertz CT molecular complexity index is 901. The summed E-state index contributed by atoms with van der Waals surface area (Å²) in [6, 6.07) is 18.6. The summed E-state index contributed by atoms with van der Waals surface area (Å²) in [5.74, 6) is 0.212. The van der Waals surface area contributed by atoms with Crippen molar-refractivity contribution >= 4 is 17.4 Å². The zero-order valence-electron chi connectivity index (χ0n) is 13.3. The highest BCUT2D eigenvalue weighted by atomic mass is 16.1. The van der Waals surface area contributed by atoms with Gasteiger partial charge in [-0.1, -0.05) is 36.4 Å². The average Bonchev–Trinajstić information content (AvgIpc) is 2.67. The van der Waals surface area contributed by atoms with E-state index < -0.39 is 0 Å². The van der Waals surface area contributed by atoms with Crippen LogP contribution >= 0.6 is 0 Å². The fourth-order valence-electron chi connectivity index (χ4n) is 2.19. The van der Waals surface area contributed by atoms with Crippen LogP contribution in [-0.2, 0) is 6.54 Å². The number of benzene rings is 2. The summed E-state index contributed by atoms with van der Waals surface area (Å²) in [5, 5.41) is 14.7. The number of nitriles is 1. The molecule has 6 heteroatoms. The maximum atomic E-state index is 12.2. The lowest BCUT2D eigenvalue weighted by Gasteiger charge is -2.07. The number of aromatic nitrogens is 2. The first-order chi connectivity index (χ1) is 12.2. The molecule has 0 aliphatic carbocycles. The van der Waals surface area contributed by atoms with E-state index in [1.165, 1.54) is 12.4 Å². The van der Waals surface area contributed by atoms with Gasteiger partial charge >= 0.3 is 0 Å². The van der Waals surface area contributed by atoms with Gasteiger partial charge in [-0.2, -0.15) is 5.26 Å². The molecule has 25 heavy (non-hydrogen) atoms. The van der Waals surface area contributed by atoms with Gasteiger partial charge in [0.05, 0.1) is 24.0 Å². The third-order valence-corrected chi connectivity index (χ3v) is 3.45. The van der Waals surface area contributed by atoms with Gasteiger partial charge in [0.25, 0.3) is 5.91 Å². The Hall–Kier alpha value is -3.72. The first kappa shape index (κ1) is 16.1. The van der Waals surface area contributed by atoms with Gasteiger partial charge in [-0.3, -0.25) is 4.79 Å². The van der Waals surface area contributed by atoms with Crippen molar-refractivity contribution in [3.8, 4) is 6.07 Å². The lowest BCUT2D eigenvalue weighted by Crippen LogP contribution is -2.14. The maximum absolute atomic E-state index is 12.2. The largest absolute Gasteiger partial charge is 0.365 e. The molecule has 0 spiro atoms. The molecule has 2 N–H and O–H groups in total.